The molecule has 3 rings (SSSR count). The SMILES string of the molecule is Cc1nn(C)c(C)c1C[C@@H](C)C(=O)N1CCn2cccc2[C@H]1C. The van der Waals surface area contributed by atoms with Crippen molar-refractivity contribution in [2.75, 3.05) is 6.54 Å². The summed E-state index contributed by atoms with van der Waals surface area (Å²) in [4.78, 5) is 15.0. The number of amides is 1. The molecule has 0 spiro atoms. The van der Waals surface area contributed by atoms with Crippen LogP contribution < -0.4 is 0 Å². The first-order valence-corrected chi connectivity index (χ1v) is 8.34. The zero-order chi connectivity index (χ0) is 16.7. The van der Waals surface area contributed by atoms with Gasteiger partial charge in [0.05, 0.1) is 11.7 Å². The molecule has 5 nitrogen and oxygen atoms in total. The third kappa shape index (κ3) is 2.69. The van der Waals surface area contributed by atoms with Gasteiger partial charge in [-0.1, -0.05) is 6.92 Å². The molecule has 0 saturated carbocycles. The molecule has 0 unspecified atom stereocenters. The van der Waals surface area contributed by atoms with Gasteiger partial charge in [-0.15, -0.1) is 0 Å². The highest BCUT2D eigenvalue weighted by Gasteiger charge is 2.30. The Morgan fingerprint density at radius 3 is 2.78 bits per heavy atom. The summed E-state index contributed by atoms with van der Waals surface area (Å²) in [6.07, 6.45) is 2.86. The average molecular weight is 314 g/mol. The fraction of sp³-hybridized carbons (Fsp3) is 0.556. The standard InChI is InChI=1S/C18H26N4O/c1-12(11-16-13(2)19-20(5)14(16)3)18(23)22-10-9-21-8-6-7-17(21)15(22)4/h6-8,12,15H,9-11H2,1-5H3/t12-,15-/m1/s1. The Morgan fingerprint density at radius 1 is 1.39 bits per heavy atom. The Morgan fingerprint density at radius 2 is 2.13 bits per heavy atom. The van der Waals surface area contributed by atoms with E-state index >= 15 is 0 Å². The first kappa shape index (κ1) is 15.8. The van der Waals surface area contributed by atoms with E-state index in [2.05, 4.69) is 41.8 Å². The lowest BCUT2D eigenvalue weighted by Crippen LogP contribution is -2.43. The maximum Gasteiger partial charge on any atom is 0.226 e. The maximum absolute atomic E-state index is 13.0. The highest BCUT2D eigenvalue weighted by Crippen LogP contribution is 2.28. The summed E-state index contributed by atoms with van der Waals surface area (Å²) in [7, 11) is 1.96. The van der Waals surface area contributed by atoms with Crippen LogP contribution in [0.3, 0.4) is 0 Å². The number of carbonyl (C=O) groups excluding carboxylic acids is 1. The Bertz CT molecular complexity index is 727. The summed E-state index contributed by atoms with van der Waals surface area (Å²) in [5.74, 6) is 0.216. The van der Waals surface area contributed by atoms with E-state index < -0.39 is 0 Å². The molecular formula is C18H26N4O. The molecule has 0 fully saturated rings. The normalized spacial score (nSPS) is 18.8. The van der Waals surface area contributed by atoms with Gasteiger partial charge in [-0.2, -0.15) is 5.10 Å². The predicted octanol–water partition coefficient (Wildman–Crippen LogP) is 2.62. The number of nitrogens with zero attached hydrogens (tertiary/aromatic N) is 4. The topological polar surface area (TPSA) is 43.1 Å². The molecule has 1 amide bonds. The molecule has 0 saturated heterocycles. The lowest BCUT2D eigenvalue weighted by molar-refractivity contribution is -0.138. The third-order valence-electron chi connectivity index (χ3n) is 5.22. The second kappa shape index (κ2) is 5.87. The molecule has 0 aromatic carbocycles. The summed E-state index contributed by atoms with van der Waals surface area (Å²) >= 11 is 0. The van der Waals surface area contributed by atoms with Gasteiger partial charge in [-0.25, -0.2) is 0 Å². The lowest BCUT2D eigenvalue weighted by atomic mass is 9.97. The molecule has 2 atom stereocenters. The van der Waals surface area contributed by atoms with Crippen molar-refractivity contribution in [3.8, 4) is 0 Å². The summed E-state index contributed by atoms with van der Waals surface area (Å²) in [5.41, 5.74) is 4.62. The van der Waals surface area contributed by atoms with Crippen molar-refractivity contribution in [2.24, 2.45) is 13.0 Å². The first-order chi connectivity index (χ1) is 10.9. The van der Waals surface area contributed by atoms with E-state index in [1.54, 1.807) is 0 Å². The molecule has 0 N–H and O–H groups in total. The van der Waals surface area contributed by atoms with Gasteiger partial charge in [0.2, 0.25) is 5.91 Å². The van der Waals surface area contributed by atoms with Crippen LogP contribution in [0.4, 0.5) is 0 Å². The van der Waals surface area contributed by atoms with Crippen molar-refractivity contribution < 1.29 is 4.79 Å². The number of hydrogen-bond acceptors (Lipinski definition) is 2. The number of fused-ring (bicyclic) bond motifs is 1. The quantitative estimate of drug-likeness (QED) is 0.874. The number of rotatable bonds is 3. The molecule has 2 aromatic rings. The molecule has 1 aliphatic rings. The van der Waals surface area contributed by atoms with E-state index in [4.69, 9.17) is 0 Å². The van der Waals surface area contributed by atoms with Crippen molar-refractivity contribution in [2.45, 2.75) is 46.7 Å². The highest BCUT2D eigenvalue weighted by atomic mass is 16.2. The molecule has 5 heteroatoms. The monoisotopic (exact) mass is 314 g/mol. The molecule has 124 valence electrons. The van der Waals surface area contributed by atoms with Crippen LogP contribution in [-0.2, 0) is 24.8 Å². The minimum atomic E-state index is -0.0273. The third-order valence-corrected chi connectivity index (χ3v) is 5.22. The van der Waals surface area contributed by atoms with Crippen LogP contribution in [0.2, 0.25) is 0 Å². The minimum Gasteiger partial charge on any atom is -0.348 e. The molecule has 3 heterocycles. The second-order valence-electron chi connectivity index (χ2n) is 6.71. The number of hydrogen-bond donors (Lipinski definition) is 0. The van der Waals surface area contributed by atoms with Crippen molar-refractivity contribution in [3.05, 3.63) is 41.0 Å². The van der Waals surface area contributed by atoms with Crippen LogP contribution >= 0.6 is 0 Å². The summed E-state index contributed by atoms with van der Waals surface area (Å²) in [5, 5.41) is 4.46. The molecule has 0 bridgehead atoms. The van der Waals surface area contributed by atoms with E-state index in [1.165, 1.54) is 11.3 Å². The average Bonchev–Trinajstić information content (AvgIpc) is 3.08. The van der Waals surface area contributed by atoms with Crippen LogP contribution in [0.5, 0.6) is 0 Å². The van der Waals surface area contributed by atoms with Gasteiger partial charge in [0.15, 0.2) is 0 Å². The predicted molar refractivity (Wildman–Crippen MR) is 90.1 cm³/mol. The maximum atomic E-state index is 13.0. The molecule has 1 aliphatic heterocycles. The highest BCUT2D eigenvalue weighted by molar-refractivity contribution is 5.79. The van der Waals surface area contributed by atoms with Crippen LogP contribution in [0.25, 0.3) is 0 Å². The number of aryl methyl sites for hydroxylation is 2. The Balaban J connectivity index is 1.75. The van der Waals surface area contributed by atoms with Crippen LogP contribution in [-0.4, -0.2) is 31.7 Å². The van der Waals surface area contributed by atoms with Gasteiger partial charge in [0.25, 0.3) is 0 Å². The van der Waals surface area contributed by atoms with E-state index in [-0.39, 0.29) is 17.9 Å². The molecule has 2 aromatic heterocycles. The van der Waals surface area contributed by atoms with Crippen molar-refractivity contribution >= 4 is 5.91 Å². The summed E-state index contributed by atoms with van der Waals surface area (Å²) in [6, 6.07) is 4.32. The number of aromatic nitrogens is 3. The van der Waals surface area contributed by atoms with Crippen LogP contribution in [0, 0.1) is 19.8 Å². The summed E-state index contributed by atoms with van der Waals surface area (Å²) in [6.45, 7) is 9.93. The van der Waals surface area contributed by atoms with E-state index in [1.807, 2.05) is 30.5 Å². The molecular weight excluding hydrogens is 288 g/mol. The van der Waals surface area contributed by atoms with Crippen LogP contribution in [0.1, 0.15) is 42.5 Å². The van der Waals surface area contributed by atoms with Gasteiger partial charge in [0, 0.05) is 43.6 Å². The van der Waals surface area contributed by atoms with E-state index in [0.29, 0.717) is 0 Å². The van der Waals surface area contributed by atoms with Gasteiger partial charge in [-0.3, -0.25) is 9.48 Å². The van der Waals surface area contributed by atoms with Crippen molar-refractivity contribution in [1.29, 1.82) is 0 Å². The Hall–Kier alpha value is -2.04. The van der Waals surface area contributed by atoms with E-state index in [9.17, 15) is 4.79 Å². The Labute approximate surface area is 137 Å². The zero-order valence-electron chi connectivity index (χ0n) is 14.7. The fourth-order valence-corrected chi connectivity index (χ4v) is 3.67. The molecule has 0 radical (unpaired) electrons. The smallest absolute Gasteiger partial charge is 0.226 e. The Kier molecular flexibility index (Phi) is 4.04. The largest absolute Gasteiger partial charge is 0.348 e. The first-order valence-electron chi connectivity index (χ1n) is 8.34. The molecule has 23 heavy (non-hydrogen) atoms. The van der Waals surface area contributed by atoms with Gasteiger partial charge in [-0.05, 0) is 44.9 Å². The van der Waals surface area contributed by atoms with Crippen molar-refractivity contribution in [1.82, 2.24) is 19.2 Å². The van der Waals surface area contributed by atoms with Crippen LogP contribution in [0.15, 0.2) is 18.3 Å². The second-order valence-corrected chi connectivity index (χ2v) is 6.71. The molecule has 0 aliphatic carbocycles. The minimum absolute atomic E-state index is 0.0273. The number of carbonyl (C=O) groups is 1. The zero-order valence-corrected chi connectivity index (χ0v) is 14.7. The lowest BCUT2D eigenvalue weighted by Gasteiger charge is -2.36. The summed E-state index contributed by atoms with van der Waals surface area (Å²) < 4.78 is 4.15. The van der Waals surface area contributed by atoms with Gasteiger partial charge < -0.3 is 9.47 Å². The van der Waals surface area contributed by atoms with Gasteiger partial charge in [0.1, 0.15) is 0 Å². The van der Waals surface area contributed by atoms with Crippen molar-refractivity contribution in [3.63, 3.8) is 0 Å². The van der Waals surface area contributed by atoms with Gasteiger partial charge >= 0.3 is 0 Å². The van der Waals surface area contributed by atoms with E-state index in [0.717, 1.165) is 30.9 Å². The fourth-order valence-electron chi connectivity index (χ4n) is 3.67.